The van der Waals surface area contributed by atoms with Crippen LogP contribution in [0.1, 0.15) is 23.7 Å². The molecule has 0 fully saturated rings. The maximum absolute atomic E-state index is 10.9. The minimum Gasteiger partial charge on any atom is -0.469 e. The normalized spacial score (nSPS) is 13.5. The van der Waals surface area contributed by atoms with Crippen LogP contribution < -0.4 is 0 Å². The van der Waals surface area contributed by atoms with Crippen molar-refractivity contribution in [2.24, 2.45) is 0 Å². The van der Waals surface area contributed by atoms with Crippen molar-refractivity contribution >= 4 is 5.97 Å². The van der Waals surface area contributed by atoms with Crippen molar-refractivity contribution in [3.63, 3.8) is 0 Å². The third-order valence-electron chi connectivity index (χ3n) is 2.39. The molecule has 17 heavy (non-hydrogen) atoms. The van der Waals surface area contributed by atoms with Crippen LogP contribution in [0.4, 0.5) is 0 Å². The van der Waals surface area contributed by atoms with E-state index in [0.717, 1.165) is 0 Å². The van der Waals surface area contributed by atoms with Crippen LogP contribution in [-0.2, 0) is 9.53 Å². The monoisotopic (exact) mass is 234 g/mol. The topological polar surface area (TPSA) is 66.8 Å². The Morgan fingerprint density at radius 2 is 2.00 bits per heavy atom. The van der Waals surface area contributed by atoms with Gasteiger partial charge in [0.15, 0.2) is 0 Å². The van der Waals surface area contributed by atoms with Crippen LogP contribution >= 0.6 is 0 Å². The quantitative estimate of drug-likeness (QED) is 0.592. The minimum absolute atomic E-state index is 0.255. The summed E-state index contributed by atoms with van der Waals surface area (Å²) in [7, 11) is 1.23. The second-order valence-electron chi connectivity index (χ2n) is 3.56. The molecular weight excluding hydrogens is 220 g/mol. The summed E-state index contributed by atoms with van der Waals surface area (Å²) in [4.78, 5) is 10.9. The molecule has 90 valence electrons. The number of hydrogen-bond acceptors (Lipinski definition) is 4. The van der Waals surface area contributed by atoms with E-state index in [1.54, 1.807) is 24.3 Å². The first-order valence-corrected chi connectivity index (χ1v) is 5.08. The van der Waals surface area contributed by atoms with E-state index in [4.69, 9.17) is 6.42 Å². The molecule has 0 amide bonds. The number of carbonyl (C=O) groups excluding carboxylic acids is 1. The second-order valence-corrected chi connectivity index (χ2v) is 3.56. The summed E-state index contributed by atoms with van der Waals surface area (Å²) < 4.78 is 4.41. The van der Waals surface area contributed by atoms with Crippen molar-refractivity contribution in [3.8, 4) is 12.3 Å². The molecule has 1 aromatic rings. The van der Waals surface area contributed by atoms with Gasteiger partial charge in [0.2, 0.25) is 0 Å². The van der Waals surface area contributed by atoms with E-state index in [9.17, 15) is 15.0 Å². The van der Waals surface area contributed by atoms with Crippen molar-refractivity contribution in [1.82, 2.24) is 0 Å². The lowest BCUT2D eigenvalue weighted by atomic mass is 10.0. The van der Waals surface area contributed by atoms with Gasteiger partial charge in [-0.2, -0.15) is 0 Å². The predicted molar refractivity (Wildman–Crippen MR) is 62.0 cm³/mol. The Hall–Kier alpha value is -1.83. The van der Waals surface area contributed by atoms with Crippen molar-refractivity contribution in [2.75, 3.05) is 7.11 Å². The maximum Gasteiger partial charge on any atom is 0.308 e. The molecular formula is C13H14O4. The average molecular weight is 234 g/mol. The molecule has 0 radical (unpaired) electrons. The molecule has 0 aromatic heterocycles. The number of esters is 1. The summed E-state index contributed by atoms with van der Waals surface area (Å²) in [5.74, 6) is 1.87. The van der Waals surface area contributed by atoms with Gasteiger partial charge in [0.25, 0.3) is 0 Å². The van der Waals surface area contributed by atoms with Gasteiger partial charge < -0.3 is 14.9 Å². The van der Waals surface area contributed by atoms with Crippen molar-refractivity contribution in [2.45, 2.75) is 18.6 Å². The maximum atomic E-state index is 10.9. The zero-order valence-corrected chi connectivity index (χ0v) is 9.46. The SMILES string of the molecule is C#Cc1ccc(C(O)C(O)CC(=O)OC)cc1. The van der Waals surface area contributed by atoms with Gasteiger partial charge in [-0.3, -0.25) is 4.79 Å². The van der Waals surface area contributed by atoms with E-state index in [0.29, 0.717) is 11.1 Å². The lowest BCUT2D eigenvalue weighted by Gasteiger charge is -2.17. The van der Waals surface area contributed by atoms with E-state index in [1.165, 1.54) is 7.11 Å². The summed E-state index contributed by atoms with van der Waals surface area (Å²) in [6.07, 6.45) is 2.61. The standard InChI is InChI=1S/C13H14O4/c1-3-9-4-6-10(7-5-9)13(16)11(14)8-12(15)17-2/h1,4-7,11,13-14,16H,8H2,2H3. The Bertz CT molecular complexity index is 416. The molecule has 0 bridgehead atoms. The molecule has 0 saturated heterocycles. The number of methoxy groups -OCH3 is 1. The van der Waals surface area contributed by atoms with E-state index in [2.05, 4.69) is 10.7 Å². The van der Waals surface area contributed by atoms with Crippen LogP contribution in [0.2, 0.25) is 0 Å². The number of aliphatic hydroxyl groups excluding tert-OH is 2. The summed E-state index contributed by atoms with van der Waals surface area (Å²) in [5, 5.41) is 19.4. The second kappa shape index (κ2) is 6.04. The molecule has 0 aliphatic carbocycles. The fourth-order valence-corrected chi connectivity index (χ4v) is 1.36. The van der Waals surface area contributed by atoms with Crippen LogP contribution in [0, 0.1) is 12.3 Å². The van der Waals surface area contributed by atoms with Gasteiger partial charge in [0.1, 0.15) is 6.10 Å². The Labute approximate surface area is 99.8 Å². The molecule has 0 aliphatic rings. The molecule has 0 aliphatic heterocycles. The van der Waals surface area contributed by atoms with Crippen LogP contribution in [-0.4, -0.2) is 29.4 Å². The highest BCUT2D eigenvalue weighted by Gasteiger charge is 2.21. The van der Waals surface area contributed by atoms with Crippen molar-refractivity contribution in [3.05, 3.63) is 35.4 Å². The number of benzene rings is 1. The van der Waals surface area contributed by atoms with Gasteiger partial charge in [-0.15, -0.1) is 6.42 Å². The Morgan fingerprint density at radius 3 is 2.47 bits per heavy atom. The number of ether oxygens (including phenoxy) is 1. The summed E-state index contributed by atoms with van der Waals surface area (Å²) in [6, 6.07) is 6.54. The van der Waals surface area contributed by atoms with Gasteiger partial charge in [0.05, 0.1) is 19.6 Å². The third-order valence-corrected chi connectivity index (χ3v) is 2.39. The third kappa shape index (κ3) is 3.59. The number of rotatable bonds is 4. The summed E-state index contributed by atoms with van der Waals surface area (Å²) >= 11 is 0. The smallest absolute Gasteiger partial charge is 0.308 e. The van der Waals surface area contributed by atoms with Crippen LogP contribution in [0.3, 0.4) is 0 Å². The highest BCUT2D eigenvalue weighted by atomic mass is 16.5. The fourth-order valence-electron chi connectivity index (χ4n) is 1.36. The highest BCUT2D eigenvalue weighted by molar-refractivity contribution is 5.69. The van der Waals surface area contributed by atoms with Gasteiger partial charge in [-0.1, -0.05) is 18.1 Å². The number of hydrogen-bond donors (Lipinski definition) is 2. The first kappa shape index (κ1) is 13.2. The molecule has 0 saturated carbocycles. The molecule has 2 N–H and O–H groups in total. The Kier molecular flexibility index (Phi) is 4.70. The van der Waals surface area contributed by atoms with Gasteiger partial charge >= 0.3 is 5.97 Å². The van der Waals surface area contributed by atoms with Crippen molar-refractivity contribution < 1.29 is 19.7 Å². The highest BCUT2D eigenvalue weighted by Crippen LogP contribution is 2.19. The molecule has 0 spiro atoms. The number of terminal acetylenes is 1. The van der Waals surface area contributed by atoms with Crippen LogP contribution in [0.5, 0.6) is 0 Å². The largest absolute Gasteiger partial charge is 0.469 e. The van der Waals surface area contributed by atoms with Crippen LogP contribution in [0.25, 0.3) is 0 Å². The first-order chi connectivity index (χ1) is 8.08. The molecule has 1 aromatic carbocycles. The lowest BCUT2D eigenvalue weighted by molar-refractivity contribution is -0.144. The van der Waals surface area contributed by atoms with Gasteiger partial charge in [-0.05, 0) is 17.7 Å². The molecule has 4 heteroatoms. The first-order valence-electron chi connectivity index (χ1n) is 5.08. The zero-order valence-electron chi connectivity index (χ0n) is 9.46. The Balaban J connectivity index is 2.71. The van der Waals surface area contributed by atoms with Crippen LogP contribution in [0.15, 0.2) is 24.3 Å². The van der Waals surface area contributed by atoms with E-state index >= 15 is 0 Å². The molecule has 4 nitrogen and oxygen atoms in total. The fraction of sp³-hybridized carbons (Fsp3) is 0.308. The summed E-state index contributed by atoms with van der Waals surface area (Å²) in [6.45, 7) is 0. The number of carbonyl (C=O) groups is 1. The molecule has 1 rings (SSSR count). The Morgan fingerprint density at radius 1 is 1.41 bits per heavy atom. The molecule has 2 unspecified atom stereocenters. The number of aliphatic hydroxyl groups is 2. The lowest BCUT2D eigenvalue weighted by Crippen LogP contribution is -2.22. The van der Waals surface area contributed by atoms with Gasteiger partial charge in [0, 0.05) is 5.56 Å². The average Bonchev–Trinajstić information content (AvgIpc) is 2.37. The minimum atomic E-state index is -1.20. The van der Waals surface area contributed by atoms with E-state index in [1.807, 2.05) is 0 Å². The molecule has 0 heterocycles. The molecule has 2 atom stereocenters. The van der Waals surface area contributed by atoms with Gasteiger partial charge in [-0.25, -0.2) is 0 Å². The zero-order chi connectivity index (χ0) is 12.8. The van der Waals surface area contributed by atoms with E-state index in [-0.39, 0.29) is 6.42 Å². The van der Waals surface area contributed by atoms with E-state index < -0.39 is 18.2 Å². The predicted octanol–water partition coefficient (Wildman–Crippen LogP) is 0.625. The summed E-state index contributed by atoms with van der Waals surface area (Å²) in [5.41, 5.74) is 1.18. The van der Waals surface area contributed by atoms with Crippen molar-refractivity contribution in [1.29, 1.82) is 0 Å².